The van der Waals surface area contributed by atoms with E-state index < -0.39 is 10.0 Å². The standard InChI is InChI=1S/C19H26N2O4S3/c1-4-21(5-2)28(23,24)16-8-9-18(25-3)17(13-16)19(22)20-10-12-26-14-15-7-6-11-27-15/h6-9,11,13H,4-5,10,12,14H2,1-3H3,(H,20,22). The topological polar surface area (TPSA) is 75.7 Å². The maximum Gasteiger partial charge on any atom is 0.255 e. The number of rotatable bonds is 11. The number of thiophene rings is 1. The van der Waals surface area contributed by atoms with E-state index in [9.17, 15) is 13.2 Å². The predicted molar refractivity (Wildman–Crippen MR) is 116 cm³/mol. The third-order valence-electron chi connectivity index (χ3n) is 4.12. The minimum absolute atomic E-state index is 0.0919. The molecule has 0 aliphatic heterocycles. The smallest absolute Gasteiger partial charge is 0.255 e. The molecule has 2 rings (SSSR count). The minimum Gasteiger partial charge on any atom is -0.496 e. The molecule has 154 valence electrons. The number of carbonyl (C=O) groups is 1. The summed E-state index contributed by atoms with van der Waals surface area (Å²) in [6.45, 7) is 4.80. The van der Waals surface area contributed by atoms with Crippen LogP contribution in [-0.4, -0.2) is 51.1 Å². The lowest BCUT2D eigenvalue weighted by Crippen LogP contribution is -2.31. The average molecular weight is 443 g/mol. The molecule has 0 saturated carbocycles. The fourth-order valence-electron chi connectivity index (χ4n) is 2.64. The van der Waals surface area contributed by atoms with Gasteiger partial charge in [-0.25, -0.2) is 8.42 Å². The van der Waals surface area contributed by atoms with Crippen molar-refractivity contribution in [2.24, 2.45) is 0 Å². The van der Waals surface area contributed by atoms with Gasteiger partial charge in [-0.05, 0) is 29.6 Å². The van der Waals surface area contributed by atoms with Gasteiger partial charge in [-0.2, -0.15) is 16.1 Å². The zero-order valence-electron chi connectivity index (χ0n) is 16.3. The van der Waals surface area contributed by atoms with Gasteiger partial charge in [-0.1, -0.05) is 19.9 Å². The summed E-state index contributed by atoms with van der Waals surface area (Å²) in [6, 6.07) is 8.49. The van der Waals surface area contributed by atoms with Crippen LogP contribution in [0.4, 0.5) is 0 Å². The lowest BCUT2D eigenvalue weighted by Gasteiger charge is -2.19. The van der Waals surface area contributed by atoms with Crippen LogP contribution >= 0.6 is 23.1 Å². The van der Waals surface area contributed by atoms with Gasteiger partial charge in [0.1, 0.15) is 5.75 Å². The molecule has 6 nitrogen and oxygen atoms in total. The van der Waals surface area contributed by atoms with Crippen LogP contribution in [0.1, 0.15) is 29.1 Å². The highest BCUT2D eigenvalue weighted by atomic mass is 32.2. The Kier molecular flexibility index (Phi) is 8.81. The molecule has 0 atom stereocenters. The molecule has 0 bridgehead atoms. The number of methoxy groups -OCH3 is 1. The normalized spacial score (nSPS) is 11.6. The molecule has 2 aromatic rings. The highest BCUT2D eigenvalue weighted by Gasteiger charge is 2.24. The SMILES string of the molecule is CCN(CC)S(=O)(=O)c1ccc(OC)c(C(=O)NCCSCc2cccs2)c1. The Morgan fingerprint density at radius 1 is 1.25 bits per heavy atom. The highest BCUT2D eigenvalue weighted by molar-refractivity contribution is 7.98. The summed E-state index contributed by atoms with van der Waals surface area (Å²) >= 11 is 3.45. The number of nitrogens with one attached hydrogen (secondary N) is 1. The molecule has 0 aliphatic rings. The molecule has 0 radical (unpaired) electrons. The number of amides is 1. The molecular formula is C19H26N2O4S3. The van der Waals surface area contributed by atoms with Crippen molar-refractivity contribution in [3.8, 4) is 5.75 Å². The third kappa shape index (κ3) is 5.73. The quantitative estimate of drug-likeness (QED) is 0.540. The molecule has 1 aromatic heterocycles. The van der Waals surface area contributed by atoms with Crippen molar-refractivity contribution in [2.75, 3.05) is 32.5 Å². The summed E-state index contributed by atoms with van der Waals surface area (Å²) in [5.74, 6) is 1.69. The van der Waals surface area contributed by atoms with Crippen LogP contribution in [-0.2, 0) is 15.8 Å². The first-order valence-electron chi connectivity index (χ1n) is 9.00. The summed E-state index contributed by atoms with van der Waals surface area (Å²) < 4.78 is 32.1. The Morgan fingerprint density at radius 2 is 2.00 bits per heavy atom. The second-order valence-corrected chi connectivity index (χ2v) is 9.91. The highest BCUT2D eigenvalue weighted by Crippen LogP contribution is 2.24. The number of sulfonamides is 1. The molecule has 0 spiro atoms. The molecule has 1 heterocycles. The van der Waals surface area contributed by atoms with E-state index in [0.717, 1.165) is 11.5 Å². The minimum atomic E-state index is -3.64. The number of nitrogens with zero attached hydrogens (tertiary/aromatic N) is 1. The van der Waals surface area contributed by atoms with Gasteiger partial charge in [0.05, 0.1) is 17.6 Å². The van der Waals surface area contributed by atoms with Crippen LogP contribution < -0.4 is 10.1 Å². The van der Waals surface area contributed by atoms with E-state index in [1.807, 2.05) is 11.4 Å². The average Bonchev–Trinajstić information content (AvgIpc) is 3.21. The van der Waals surface area contributed by atoms with E-state index in [-0.39, 0.29) is 16.4 Å². The van der Waals surface area contributed by atoms with Crippen molar-refractivity contribution in [2.45, 2.75) is 24.5 Å². The number of thioether (sulfide) groups is 1. The van der Waals surface area contributed by atoms with Gasteiger partial charge in [0.25, 0.3) is 5.91 Å². The number of hydrogen-bond acceptors (Lipinski definition) is 6. The van der Waals surface area contributed by atoms with E-state index in [0.29, 0.717) is 25.4 Å². The Bertz CT molecular complexity index is 863. The van der Waals surface area contributed by atoms with E-state index in [1.54, 1.807) is 36.9 Å². The number of ether oxygens (including phenoxy) is 1. The van der Waals surface area contributed by atoms with Crippen LogP contribution in [0.15, 0.2) is 40.6 Å². The Morgan fingerprint density at radius 3 is 2.61 bits per heavy atom. The van der Waals surface area contributed by atoms with Crippen LogP contribution in [0.3, 0.4) is 0 Å². The molecule has 9 heteroatoms. The molecule has 0 fully saturated rings. The van der Waals surface area contributed by atoms with Gasteiger partial charge in [0.15, 0.2) is 0 Å². The van der Waals surface area contributed by atoms with Crippen molar-refractivity contribution in [3.63, 3.8) is 0 Å². The second-order valence-electron chi connectivity index (χ2n) is 5.84. The summed E-state index contributed by atoms with van der Waals surface area (Å²) in [4.78, 5) is 14.0. The summed E-state index contributed by atoms with van der Waals surface area (Å²) in [7, 11) is -2.18. The fourth-order valence-corrected chi connectivity index (χ4v) is 5.82. The molecule has 1 amide bonds. The molecule has 1 N–H and O–H groups in total. The molecular weight excluding hydrogens is 416 g/mol. The fraction of sp³-hybridized carbons (Fsp3) is 0.421. The van der Waals surface area contributed by atoms with Crippen LogP contribution in [0.5, 0.6) is 5.75 Å². The number of hydrogen-bond donors (Lipinski definition) is 1. The zero-order valence-corrected chi connectivity index (χ0v) is 18.8. The zero-order chi connectivity index (χ0) is 20.6. The van der Waals surface area contributed by atoms with Crippen LogP contribution in [0, 0.1) is 0 Å². The summed E-state index contributed by atoms with van der Waals surface area (Å²) in [5.41, 5.74) is 0.221. The molecule has 0 saturated heterocycles. The van der Waals surface area contributed by atoms with E-state index in [4.69, 9.17) is 4.74 Å². The van der Waals surface area contributed by atoms with Gasteiger partial charge in [0.2, 0.25) is 10.0 Å². The van der Waals surface area contributed by atoms with Gasteiger partial charge in [0, 0.05) is 36.0 Å². The number of carbonyl (C=O) groups excluding carboxylic acids is 1. The van der Waals surface area contributed by atoms with Crippen molar-refractivity contribution in [1.82, 2.24) is 9.62 Å². The second kappa shape index (κ2) is 10.8. The Hall–Kier alpha value is -1.55. The largest absolute Gasteiger partial charge is 0.496 e. The predicted octanol–water partition coefficient (Wildman–Crippen LogP) is 3.45. The van der Waals surface area contributed by atoms with Crippen molar-refractivity contribution < 1.29 is 17.9 Å². The summed E-state index contributed by atoms with van der Waals surface area (Å²) in [6.07, 6.45) is 0. The van der Waals surface area contributed by atoms with Crippen molar-refractivity contribution >= 4 is 39.0 Å². The van der Waals surface area contributed by atoms with Gasteiger partial charge < -0.3 is 10.1 Å². The molecule has 28 heavy (non-hydrogen) atoms. The van der Waals surface area contributed by atoms with E-state index in [1.165, 1.54) is 34.5 Å². The first kappa shape index (κ1) is 22.7. The first-order chi connectivity index (χ1) is 13.4. The maximum atomic E-state index is 12.7. The molecule has 0 unspecified atom stereocenters. The van der Waals surface area contributed by atoms with Gasteiger partial charge in [-0.15, -0.1) is 11.3 Å². The molecule has 0 aliphatic carbocycles. The Labute approximate surface area is 175 Å². The Balaban J connectivity index is 2.04. The van der Waals surface area contributed by atoms with Gasteiger partial charge >= 0.3 is 0 Å². The third-order valence-corrected chi connectivity index (χ3v) is 8.23. The molecule has 1 aromatic carbocycles. The van der Waals surface area contributed by atoms with Crippen LogP contribution in [0.2, 0.25) is 0 Å². The monoisotopic (exact) mass is 442 g/mol. The first-order valence-corrected chi connectivity index (χ1v) is 12.5. The van der Waals surface area contributed by atoms with E-state index in [2.05, 4.69) is 11.4 Å². The van der Waals surface area contributed by atoms with Crippen LogP contribution in [0.25, 0.3) is 0 Å². The van der Waals surface area contributed by atoms with Crippen molar-refractivity contribution in [3.05, 3.63) is 46.2 Å². The van der Waals surface area contributed by atoms with Crippen molar-refractivity contribution in [1.29, 1.82) is 0 Å². The number of benzene rings is 1. The van der Waals surface area contributed by atoms with Gasteiger partial charge in [-0.3, -0.25) is 4.79 Å². The van der Waals surface area contributed by atoms with E-state index >= 15 is 0 Å². The summed E-state index contributed by atoms with van der Waals surface area (Å²) in [5, 5.41) is 4.89. The maximum absolute atomic E-state index is 12.7. The lowest BCUT2D eigenvalue weighted by atomic mass is 10.2. The lowest BCUT2D eigenvalue weighted by molar-refractivity contribution is 0.0953.